The number of nitrogens with zero attached hydrogens (tertiary/aromatic N) is 2. The van der Waals surface area contributed by atoms with Crippen molar-refractivity contribution in [3.63, 3.8) is 0 Å². The maximum atomic E-state index is 6.55. The van der Waals surface area contributed by atoms with Gasteiger partial charge in [0.25, 0.3) is 0 Å². The van der Waals surface area contributed by atoms with Crippen molar-refractivity contribution in [2.75, 3.05) is 20.8 Å². The van der Waals surface area contributed by atoms with Gasteiger partial charge >= 0.3 is 0 Å². The fourth-order valence-corrected chi connectivity index (χ4v) is 4.32. The molecule has 3 aromatic rings. The van der Waals surface area contributed by atoms with E-state index >= 15 is 0 Å². The van der Waals surface area contributed by atoms with Gasteiger partial charge in [0, 0.05) is 23.1 Å². The molecule has 2 aliphatic rings. The average molecular weight is 431 g/mol. The van der Waals surface area contributed by atoms with E-state index in [4.69, 9.17) is 24.0 Å². The Hall–Kier alpha value is -3.67. The van der Waals surface area contributed by atoms with E-state index in [2.05, 4.69) is 17.1 Å². The zero-order chi connectivity index (χ0) is 22.1. The molecule has 32 heavy (non-hydrogen) atoms. The molecule has 3 aromatic carbocycles. The molecular weight excluding hydrogens is 404 g/mol. The monoisotopic (exact) mass is 430 g/mol. The van der Waals surface area contributed by atoms with Crippen LogP contribution < -0.4 is 18.9 Å². The Kier molecular flexibility index (Phi) is 5.35. The third-order valence-electron chi connectivity index (χ3n) is 5.88. The van der Waals surface area contributed by atoms with Crippen molar-refractivity contribution >= 4 is 5.71 Å². The van der Waals surface area contributed by atoms with E-state index in [1.807, 2.05) is 61.5 Å². The number of para-hydroxylation sites is 1. The number of rotatable bonds is 6. The van der Waals surface area contributed by atoms with E-state index in [0.717, 1.165) is 51.8 Å². The molecule has 0 spiro atoms. The van der Waals surface area contributed by atoms with E-state index < -0.39 is 0 Å². The summed E-state index contributed by atoms with van der Waals surface area (Å²) >= 11 is 0. The lowest BCUT2D eigenvalue weighted by Crippen LogP contribution is -2.33. The summed E-state index contributed by atoms with van der Waals surface area (Å²) in [5.74, 6) is 3.17. The molecule has 0 radical (unpaired) electrons. The molecule has 0 unspecified atom stereocenters. The maximum Gasteiger partial charge on any atom is 0.214 e. The fourth-order valence-electron chi connectivity index (χ4n) is 4.32. The van der Waals surface area contributed by atoms with Gasteiger partial charge in [-0.2, -0.15) is 5.10 Å². The normalized spacial score (nSPS) is 18.8. The van der Waals surface area contributed by atoms with E-state index in [1.54, 1.807) is 14.2 Å². The standard InChI is InChI=1S/C26H26N2O4/c1-4-31-24-10-6-9-21-23-16-22(18-7-5-8-20(15-18)30-3)27-28(23)26(32-25(21)24)17-11-13-19(29-2)14-12-17/h5-15,23,26H,4,16H2,1-3H3/t23-,26-/m0/s1. The van der Waals surface area contributed by atoms with Crippen molar-refractivity contribution in [3.05, 3.63) is 83.4 Å². The fraction of sp³-hybridized carbons (Fsp3) is 0.269. The Morgan fingerprint density at radius 2 is 1.75 bits per heavy atom. The average Bonchev–Trinajstić information content (AvgIpc) is 3.30. The number of hydrogen-bond donors (Lipinski definition) is 0. The minimum atomic E-state index is -0.372. The largest absolute Gasteiger partial charge is 0.497 e. The van der Waals surface area contributed by atoms with Gasteiger partial charge in [-0.25, -0.2) is 5.01 Å². The first-order valence-corrected chi connectivity index (χ1v) is 10.8. The Balaban J connectivity index is 1.59. The predicted octanol–water partition coefficient (Wildman–Crippen LogP) is 5.34. The van der Waals surface area contributed by atoms with E-state index in [-0.39, 0.29) is 12.3 Å². The van der Waals surface area contributed by atoms with Crippen LogP contribution in [0.25, 0.3) is 0 Å². The highest BCUT2D eigenvalue weighted by Gasteiger charge is 2.42. The Morgan fingerprint density at radius 1 is 0.969 bits per heavy atom. The van der Waals surface area contributed by atoms with Gasteiger partial charge in [0.2, 0.25) is 6.23 Å². The summed E-state index contributed by atoms with van der Waals surface area (Å²) in [7, 11) is 3.34. The molecule has 2 atom stereocenters. The van der Waals surface area contributed by atoms with Crippen LogP contribution in [0.2, 0.25) is 0 Å². The summed E-state index contributed by atoms with van der Waals surface area (Å²) in [6, 6.07) is 22.1. The van der Waals surface area contributed by atoms with Crippen molar-refractivity contribution < 1.29 is 18.9 Å². The van der Waals surface area contributed by atoms with Crippen molar-refractivity contribution in [1.29, 1.82) is 0 Å². The summed E-state index contributed by atoms with van der Waals surface area (Å²) in [6.45, 7) is 2.56. The van der Waals surface area contributed by atoms with Gasteiger partial charge in [-0.1, -0.05) is 24.3 Å². The van der Waals surface area contributed by atoms with Gasteiger partial charge in [0.15, 0.2) is 11.5 Å². The molecule has 6 nitrogen and oxygen atoms in total. The number of hydrazone groups is 1. The van der Waals surface area contributed by atoms with Crippen LogP contribution in [0.3, 0.4) is 0 Å². The Morgan fingerprint density at radius 3 is 2.50 bits per heavy atom. The first-order valence-electron chi connectivity index (χ1n) is 10.8. The third-order valence-corrected chi connectivity index (χ3v) is 5.88. The quantitative estimate of drug-likeness (QED) is 0.528. The van der Waals surface area contributed by atoms with Crippen LogP contribution in [-0.4, -0.2) is 31.5 Å². The predicted molar refractivity (Wildman–Crippen MR) is 123 cm³/mol. The molecule has 0 aromatic heterocycles. The van der Waals surface area contributed by atoms with Crippen molar-refractivity contribution in [2.24, 2.45) is 5.10 Å². The summed E-state index contributed by atoms with van der Waals surface area (Å²) in [4.78, 5) is 0. The summed E-state index contributed by atoms with van der Waals surface area (Å²) in [6.07, 6.45) is 0.397. The highest BCUT2D eigenvalue weighted by atomic mass is 16.5. The second-order valence-corrected chi connectivity index (χ2v) is 7.73. The Bertz CT molecular complexity index is 1140. The SMILES string of the molecule is CCOc1cccc2c1O[C@@H](c1ccc(OC)cc1)N1N=C(c3cccc(OC)c3)C[C@@H]21. The van der Waals surface area contributed by atoms with Gasteiger partial charge < -0.3 is 18.9 Å². The lowest BCUT2D eigenvalue weighted by Gasteiger charge is -2.38. The molecule has 0 aliphatic carbocycles. The Labute approximate surface area is 188 Å². The molecule has 0 saturated carbocycles. The van der Waals surface area contributed by atoms with Crippen LogP contribution in [0.5, 0.6) is 23.0 Å². The molecule has 0 N–H and O–H groups in total. The summed E-state index contributed by atoms with van der Waals surface area (Å²) in [5.41, 5.74) is 4.14. The van der Waals surface area contributed by atoms with Crippen LogP contribution in [0, 0.1) is 0 Å². The van der Waals surface area contributed by atoms with Crippen LogP contribution in [0.15, 0.2) is 71.8 Å². The number of benzene rings is 3. The van der Waals surface area contributed by atoms with E-state index in [1.165, 1.54) is 0 Å². The maximum absolute atomic E-state index is 6.55. The molecule has 5 rings (SSSR count). The van der Waals surface area contributed by atoms with Crippen molar-refractivity contribution in [1.82, 2.24) is 5.01 Å². The molecule has 2 aliphatic heterocycles. The molecule has 6 heteroatoms. The number of fused-ring (bicyclic) bond motifs is 3. The molecule has 0 amide bonds. The van der Waals surface area contributed by atoms with E-state index in [0.29, 0.717) is 6.61 Å². The first kappa shape index (κ1) is 20.2. The number of methoxy groups -OCH3 is 2. The molecule has 0 saturated heterocycles. The van der Waals surface area contributed by atoms with Crippen molar-refractivity contribution in [2.45, 2.75) is 25.6 Å². The van der Waals surface area contributed by atoms with Crippen LogP contribution in [-0.2, 0) is 0 Å². The molecule has 164 valence electrons. The third kappa shape index (κ3) is 3.51. The van der Waals surface area contributed by atoms with Gasteiger partial charge in [0.05, 0.1) is 32.6 Å². The highest BCUT2D eigenvalue weighted by molar-refractivity contribution is 6.02. The minimum Gasteiger partial charge on any atom is -0.497 e. The number of ether oxygens (including phenoxy) is 4. The zero-order valence-electron chi connectivity index (χ0n) is 18.4. The lowest BCUT2D eigenvalue weighted by molar-refractivity contribution is -0.0212. The van der Waals surface area contributed by atoms with Gasteiger partial charge in [0.1, 0.15) is 11.5 Å². The molecular formula is C26H26N2O4. The van der Waals surface area contributed by atoms with E-state index in [9.17, 15) is 0 Å². The second-order valence-electron chi connectivity index (χ2n) is 7.73. The molecule has 0 bridgehead atoms. The minimum absolute atomic E-state index is 0.0486. The topological polar surface area (TPSA) is 52.5 Å². The second kappa shape index (κ2) is 8.46. The van der Waals surface area contributed by atoms with Crippen LogP contribution >= 0.6 is 0 Å². The highest BCUT2D eigenvalue weighted by Crippen LogP contribution is 2.50. The van der Waals surface area contributed by atoms with Crippen LogP contribution in [0.4, 0.5) is 0 Å². The van der Waals surface area contributed by atoms with Crippen molar-refractivity contribution in [3.8, 4) is 23.0 Å². The smallest absolute Gasteiger partial charge is 0.214 e. The summed E-state index contributed by atoms with van der Waals surface area (Å²) in [5, 5.41) is 7.09. The first-order chi connectivity index (χ1) is 15.7. The molecule has 0 fully saturated rings. The summed E-state index contributed by atoms with van der Waals surface area (Å²) < 4.78 is 23.2. The van der Waals surface area contributed by atoms with Gasteiger partial charge in [-0.05, 0) is 49.4 Å². The lowest BCUT2D eigenvalue weighted by atomic mass is 9.95. The number of hydrogen-bond acceptors (Lipinski definition) is 6. The molecule has 2 heterocycles. The van der Waals surface area contributed by atoms with Gasteiger partial charge in [-0.15, -0.1) is 0 Å². The van der Waals surface area contributed by atoms with Crippen LogP contribution in [0.1, 0.15) is 42.3 Å². The zero-order valence-corrected chi connectivity index (χ0v) is 18.4. The van der Waals surface area contributed by atoms with Gasteiger partial charge in [-0.3, -0.25) is 0 Å².